The number of carbonyl (C=O) groups is 1. The number of hydrogen-bond donors (Lipinski definition) is 0. The van der Waals surface area contributed by atoms with Crippen molar-refractivity contribution in [1.29, 1.82) is 0 Å². The maximum absolute atomic E-state index is 13.0. The quantitative estimate of drug-likeness (QED) is 0.629. The maximum Gasteiger partial charge on any atom is 0.271 e. The number of imidazole rings is 1. The summed E-state index contributed by atoms with van der Waals surface area (Å²) in [5.41, 5.74) is 1.68. The predicted molar refractivity (Wildman–Crippen MR) is 83.4 cm³/mol. The van der Waals surface area contributed by atoms with E-state index >= 15 is 0 Å². The van der Waals surface area contributed by atoms with Crippen LogP contribution in [-0.4, -0.2) is 26.9 Å². The first-order valence-electron chi connectivity index (χ1n) is 7.75. The topological polar surface area (TPSA) is 81.3 Å². The van der Waals surface area contributed by atoms with Gasteiger partial charge in [-0.25, -0.2) is 4.98 Å². The van der Waals surface area contributed by atoms with Crippen molar-refractivity contribution in [2.75, 3.05) is 11.4 Å². The van der Waals surface area contributed by atoms with Gasteiger partial charge < -0.3 is 9.47 Å². The molecule has 0 fully saturated rings. The number of fused-ring (bicyclic) bond motifs is 2. The summed E-state index contributed by atoms with van der Waals surface area (Å²) >= 11 is 0. The van der Waals surface area contributed by atoms with Crippen LogP contribution in [-0.2, 0) is 17.8 Å². The molecule has 0 bridgehead atoms. The molecule has 1 atom stereocenters. The first kappa shape index (κ1) is 13.9. The molecule has 2 aromatic rings. The lowest BCUT2D eigenvalue weighted by Gasteiger charge is -2.27. The molecular formula is C16H16N4O3. The number of benzene rings is 1. The van der Waals surface area contributed by atoms with Crippen molar-refractivity contribution in [1.82, 2.24) is 9.55 Å². The molecular weight excluding hydrogens is 296 g/mol. The van der Waals surface area contributed by atoms with Gasteiger partial charge in [0, 0.05) is 37.6 Å². The Hall–Kier alpha value is -2.70. The van der Waals surface area contributed by atoms with E-state index in [4.69, 9.17) is 0 Å². The molecule has 7 nitrogen and oxygen atoms in total. The standard InChI is InChI=1S/C16H16N4O3/c21-16(13-2-1-7-18-9-6-17-15(13)18)19-8-5-11-3-4-12(20(22)23)10-14(11)19/h3-4,6,9-10,13H,1-2,5,7-8H2. The molecule has 1 aromatic heterocycles. The van der Waals surface area contributed by atoms with Crippen LogP contribution in [0.3, 0.4) is 0 Å². The van der Waals surface area contributed by atoms with Crippen LogP contribution in [0.5, 0.6) is 0 Å². The second-order valence-electron chi connectivity index (χ2n) is 5.98. The van der Waals surface area contributed by atoms with Crippen molar-refractivity contribution >= 4 is 17.3 Å². The average Bonchev–Trinajstić information content (AvgIpc) is 3.19. The highest BCUT2D eigenvalue weighted by Gasteiger charge is 2.35. The molecule has 0 N–H and O–H groups in total. The summed E-state index contributed by atoms with van der Waals surface area (Å²) in [4.78, 5) is 29.6. The van der Waals surface area contributed by atoms with E-state index in [9.17, 15) is 14.9 Å². The molecule has 2 aliphatic rings. The molecule has 7 heteroatoms. The number of nitrogens with zero attached hydrogens (tertiary/aromatic N) is 4. The Labute approximate surface area is 132 Å². The highest BCUT2D eigenvalue weighted by atomic mass is 16.6. The second kappa shape index (κ2) is 5.19. The first-order chi connectivity index (χ1) is 11.1. The van der Waals surface area contributed by atoms with Crippen molar-refractivity contribution in [2.24, 2.45) is 0 Å². The van der Waals surface area contributed by atoms with Gasteiger partial charge in [0.2, 0.25) is 5.91 Å². The van der Waals surface area contributed by atoms with Gasteiger partial charge in [-0.1, -0.05) is 6.07 Å². The Balaban J connectivity index is 1.68. The van der Waals surface area contributed by atoms with Crippen LogP contribution >= 0.6 is 0 Å². The van der Waals surface area contributed by atoms with Crippen molar-refractivity contribution in [3.8, 4) is 0 Å². The summed E-state index contributed by atoms with van der Waals surface area (Å²) in [7, 11) is 0. The number of hydrogen-bond acceptors (Lipinski definition) is 4. The molecule has 1 aromatic carbocycles. The van der Waals surface area contributed by atoms with Crippen LogP contribution in [0.25, 0.3) is 0 Å². The third kappa shape index (κ3) is 2.19. The van der Waals surface area contributed by atoms with E-state index in [1.54, 1.807) is 17.2 Å². The van der Waals surface area contributed by atoms with E-state index in [1.807, 2.05) is 10.8 Å². The van der Waals surface area contributed by atoms with Crippen LogP contribution in [0.1, 0.15) is 30.1 Å². The van der Waals surface area contributed by atoms with Crippen LogP contribution in [0.2, 0.25) is 0 Å². The molecule has 1 amide bonds. The minimum atomic E-state index is -0.422. The molecule has 1 unspecified atom stereocenters. The zero-order chi connectivity index (χ0) is 16.0. The number of aromatic nitrogens is 2. The van der Waals surface area contributed by atoms with E-state index in [1.165, 1.54) is 12.1 Å². The Morgan fingerprint density at radius 2 is 2.22 bits per heavy atom. The van der Waals surface area contributed by atoms with Gasteiger partial charge in [-0.05, 0) is 24.8 Å². The molecule has 3 heterocycles. The molecule has 0 saturated heterocycles. The minimum absolute atomic E-state index is 0.00334. The van der Waals surface area contributed by atoms with Gasteiger partial charge >= 0.3 is 0 Å². The van der Waals surface area contributed by atoms with Gasteiger partial charge in [0.1, 0.15) is 5.82 Å². The van der Waals surface area contributed by atoms with Gasteiger partial charge in [0.25, 0.3) is 5.69 Å². The Bertz CT molecular complexity index is 798. The second-order valence-corrected chi connectivity index (χ2v) is 5.98. The fraction of sp³-hybridized carbons (Fsp3) is 0.375. The van der Waals surface area contributed by atoms with Crippen LogP contribution < -0.4 is 4.90 Å². The zero-order valence-electron chi connectivity index (χ0n) is 12.5. The summed E-state index contributed by atoms with van der Waals surface area (Å²) in [6.07, 6.45) is 6.08. The van der Waals surface area contributed by atoms with E-state index in [0.717, 1.165) is 37.2 Å². The van der Waals surface area contributed by atoms with E-state index in [0.29, 0.717) is 12.2 Å². The SMILES string of the molecule is O=C(C1CCCn2ccnc21)N1CCc2ccc([N+](=O)[O-])cc21. The average molecular weight is 312 g/mol. The molecule has 118 valence electrons. The van der Waals surface area contributed by atoms with Gasteiger partial charge in [-0.2, -0.15) is 0 Å². The summed E-state index contributed by atoms with van der Waals surface area (Å²) in [6.45, 7) is 1.47. The van der Waals surface area contributed by atoms with Gasteiger partial charge in [0.05, 0.1) is 16.5 Å². The van der Waals surface area contributed by atoms with Crippen molar-refractivity contribution in [3.05, 3.63) is 52.1 Å². The summed E-state index contributed by atoms with van der Waals surface area (Å²) in [5, 5.41) is 11.0. The number of non-ortho nitro benzene ring substituents is 1. The summed E-state index contributed by atoms with van der Waals surface area (Å²) in [5.74, 6) is 0.542. The molecule has 0 spiro atoms. The Morgan fingerprint density at radius 1 is 1.35 bits per heavy atom. The lowest BCUT2D eigenvalue weighted by molar-refractivity contribution is -0.384. The maximum atomic E-state index is 13.0. The van der Waals surface area contributed by atoms with Crippen molar-refractivity contribution in [3.63, 3.8) is 0 Å². The fourth-order valence-corrected chi connectivity index (χ4v) is 3.55. The number of rotatable bonds is 2. The highest BCUT2D eigenvalue weighted by molar-refractivity contribution is 5.99. The Kier molecular flexibility index (Phi) is 3.14. The molecule has 23 heavy (non-hydrogen) atoms. The normalized spacial score (nSPS) is 19.3. The first-order valence-corrected chi connectivity index (χ1v) is 7.75. The van der Waals surface area contributed by atoms with Crippen molar-refractivity contribution < 1.29 is 9.72 Å². The van der Waals surface area contributed by atoms with Crippen molar-refractivity contribution in [2.45, 2.75) is 31.7 Å². The zero-order valence-corrected chi connectivity index (χ0v) is 12.5. The van der Waals surface area contributed by atoms with E-state index in [2.05, 4.69) is 4.98 Å². The number of nitro benzene ring substituents is 1. The van der Waals surface area contributed by atoms with Gasteiger partial charge in [-0.3, -0.25) is 14.9 Å². The third-order valence-corrected chi connectivity index (χ3v) is 4.69. The monoisotopic (exact) mass is 312 g/mol. The number of amides is 1. The predicted octanol–water partition coefficient (Wildman–Crippen LogP) is 2.26. The van der Waals surface area contributed by atoms with Crippen LogP contribution in [0, 0.1) is 10.1 Å². The molecule has 4 rings (SSSR count). The number of nitro groups is 1. The molecule has 0 aliphatic carbocycles. The summed E-state index contributed by atoms with van der Waals surface area (Å²) in [6, 6.07) is 4.76. The number of aryl methyl sites for hydroxylation is 1. The lowest BCUT2D eigenvalue weighted by atomic mass is 9.97. The van der Waals surface area contributed by atoms with Crippen LogP contribution in [0.15, 0.2) is 30.6 Å². The summed E-state index contributed by atoms with van der Waals surface area (Å²) < 4.78 is 2.02. The van der Waals surface area contributed by atoms with Crippen LogP contribution in [0.4, 0.5) is 11.4 Å². The fourth-order valence-electron chi connectivity index (χ4n) is 3.55. The van der Waals surface area contributed by atoms with Gasteiger partial charge in [0.15, 0.2) is 0 Å². The number of carbonyl (C=O) groups excluding carboxylic acids is 1. The number of anilines is 1. The van der Waals surface area contributed by atoms with E-state index in [-0.39, 0.29) is 17.5 Å². The largest absolute Gasteiger partial charge is 0.334 e. The van der Waals surface area contributed by atoms with E-state index < -0.39 is 4.92 Å². The van der Waals surface area contributed by atoms with Gasteiger partial charge in [-0.15, -0.1) is 0 Å². The smallest absolute Gasteiger partial charge is 0.271 e. The Morgan fingerprint density at radius 3 is 3.04 bits per heavy atom. The highest BCUT2D eigenvalue weighted by Crippen LogP contribution is 2.36. The lowest BCUT2D eigenvalue weighted by Crippen LogP contribution is -2.36. The molecule has 0 saturated carbocycles. The third-order valence-electron chi connectivity index (χ3n) is 4.69. The minimum Gasteiger partial charge on any atom is -0.334 e. The molecule has 2 aliphatic heterocycles. The molecule has 0 radical (unpaired) electrons.